The Labute approximate surface area is 178 Å². The highest BCUT2D eigenvalue weighted by atomic mass is 19.1. The number of nitrogens with two attached hydrogens (primary N) is 1. The number of nitrogens with zero attached hydrogens (tertiary/aromatic N) is 3. The number of rotatable bonds is 4. The van der Waals surface area contributed by atoms with Gasteiger partial charge in [-0.25, -0.2) is 9.18 Å². The molecule has 1 aliphatic heterocycles. The van der Waals surface area contributed by atoms with E-state index in [1.165, 1.54) is 12.1 Å². The summed E-state index contributed by atoms with van der Waals surface area (Å²) in [5, 5.41) is 6.85. The molecule has 3 N–H and O–H groups in total. The van der Waals surface area contributed by atoms with Crippen molar-refractivity contribution in [3.8, 4) is 11.5 Å². The second kappa shape index (κ2) is 8.95. The zero-order valence-electron chi connectivity index (χ0n) is 16.8. The fourth-order valence-electron chi connectivity index (χ4n) is 3.68. The SMILES string of the molecule is NC(=O)c1cc(NC(=O)N2CCCCCC2c2noc(-c3ccccc3)n2)ccc1F. The Kier molecular flexibility index (Phi) is 5.92. The number of aromatic nitrogens is 2. The third-order valence-electron chi connectivity index (χ3n) is 5.26. The first-order valence-corrected chi connectivity index (χ1v) is 10.1. The van der Waals surface area contributed by atoms with E-state index in [0.717, 1.165) is 30.9 Å². The third kappa shape index (κ3) is 4.55. The van der Waals surface area contributed by atoms with Crippen LogP contribution in [0.15, 0.2) is 53.1 Å². The summed E-state index contributed by atoms with van der Waals surface area (Å²) < 4.78 is 19.2. The van der Waals surface area contributed by atoms with Gasteiger partial charge in [-0.2, -0.15) is 4.98 Å². The van der Waals surface area contributed by atoms with Crippen molar-refractivity contribution in [2.45, 2.75) is 31.7 Å². The molecule has 9 heteroatoms. The van der Waals surface area contributed by atoms with Gasteiger partial charge in [0, 0.05) is 17.8 Å². The van der Waals surface area contributed by atoms with Gasteiger partial charge in [0.1, 0.15) is 5.82 Å². The second-order valence-electron chi connectivity index (χ2n) is 7.37. The molecule has 3 aromatic rings. The molecule has 1 fully saturated rings. The molecule has 1 aromatic heterocycles. The van der Waals surface area contributed by atoms with E-state index < -0.39 is 11.7 Å². The number of primary amides is 1. The number of carbonyl (C=O) groups is 2. The van der Waals surface area contributed by atoms with Gasteiger partial charge in [-0.05, 0) is 43.2 Å². The molecule has 0 radical (unpaired) electrons. The van der Waals surface area contributed by atoms with Crippen LogP contribution in [0.25, 0.3) is 11.5 Å². The number of likely N-dealkylation sites (tertiary alicyclic amines) is 1. The monoisotopic (exact) mass is 423 g/mol. The number of nitrogens with one attached hydrogen (secondary N) is 1. The third-order valence-corrected chi connectivity index (χ3v) is 5.26. The normalized spacial score (nSPS) is 16.5. The molecular weight excluding hydrogens is 401 g/mol. The number of halogens is 1. The molecule has 0 spiro atoms. The Morgan fingerprint density at radius 2 is 1.94 bits per heavy atom. The minimum absolute atomic E-state index is 0.279. The fraction of sp³-hybridized carbons (Fsp3) is 0.273. The Bertz CT molecular complexity index is 1090. The number of amides is 3. The van der Waals surface area contributed by atoms with Crippen LogP contribution in [0.5, 0.6) is 0 Å². The van der Waals surface area contributed by atoms with E-state index >= 15 is 0 Å². The van der Waals surface area contributed by atoms with Gasteiger partial charge < -0.3 is 20.5 Å². The van der Waals surface area contributed by atoms with Crippen LogP contribution in [0.4, 0.5) is 14.9 Å². The van der Waals surface area contributed by atoms with Crippen molar-refractivity contribution in [2.75, 3.05) is 11.9 Å². The first kappa shape index (κ1) is 20.5. The average molecular weight is 423 g/mol. The van der Waals surface area contributed by atoms with E-state index in [1.54, 1.807) is 4.90 Å². The minimum atomic E-state index is -0.901. The average Bonchev–Trinajstić information content (AvgIpc) is 3.13. The van der Waals surface area contributed by atoms with Gasteiger partial charge >= 0.3 is 6.03 Å². The van der Waals surface area contributed by atoms with Gasteiger partial charge in [0.05, 0.1) is 11.6 Å². The fourth-order valence-corrected chi connectivity index (χ4v) is 3.68. The van der Waals surface area contributed by atoms with Gasteiger partial charge in [-0.15, -0.1) is 0 Å². The topological polar surface area (TPSA) is 114 Å². The Hall–Kier alpha value is -3.75. The Morgan fingerprint density at radius 3 is 2.71 bits per heavy atom. The Morgan fingerprint density at radius 1 is 1.13 bits per heavy atom. The van der Waals surface area contributed by atoms with Crippen LogP contribution in [0.2, 0.25) is 0 Å². The van der Waals surface area contributed by atoms with E-state index in [1.807, 2.05) is 30.3 Å². The zero-order valence-corrected chi connectivity index (χ0v) is 16.8. The van der Waals surface area contributed by atoms with Crippen LogP contribution >= 0.6 is 0 Å². The number of benzene rings is 2. The molecule has 2 aromatic carbocycles. The molecule has 0 aliphatic carbocycles. The summed E-state index contributed by atoms with van der Waals surface area (Å²) in [6.45, 7) is 0.510. The largest absolute Gasteiger partial charge is 0.366 e. The van der Waals surface area contributed by atoms with Crippen molar-refractivity contribution in [1.82, 2.24) is 15.0 Å². The highest BCUT2D eigenvalue weighted by molar-refractivity contribution is 5.96. The van der Waals surface area contributed by atoms with Crippen LogP contribution in [0.1, 0.15) is 47.9 Å². The zero-order chi connectivity index (χ0) is 21.8. The lowest BCUT2D eigenvalue weighted by atomic mass is 10.1. The second-order valence-corrected chi connectivity index (χ2v) is 7.37. The van der Waals surface area contributed by atoms with E-state index in [2.05, 4.69) is 15.5 Å². The van der Waals surface area contributed by atoms with Gasteiger partial charge in [0.15, 0.2) is 5.82 Å². The summed E-state index contributed by atoms with van der Waals surface area (Å²) in [5.74, 6) is -0.808. The van der Waals surface area contributed by atoms with Crippen LogP contribution in [0.3, 0.4) is 0 Å². The molecule has 0 saturated carbocycles. The standard InChI is InChI=1S/C22H22FN5O3/c23-17-11-10-15(13-16(17)19(24)29)25-22(30)28-12-6-2-5-9-18(28)20-26-21(31-27-20)14-7-3-1-4-8-14/h1,3-4,7-8,10-11,13,18H,2,5-6,9,12H2,(H2,24,29)(H,25,30). The molecule has 0 bridgehead atoms. The maximum Gasteiger partial charge on any atom is 0.322 e. The van der Waals surface area contributed by atoms with Crippen molar-refractivity contribution in [3.63, 3.8) is 0 Å². The maximum atomic E-state index is 13.7. The quantitative estimate of drug-likeness (QED) is 0.655. The van der Waals surface area contributed by atoms with Crippen LogP contribution in [-0.2, 0) is 0 Å². The summed E-state index contributed by atoms with van der Waals surface area (Å²) in [5.41, 5.74) is 6.00. The molecule has 1 atom stereocenters. The van der Waals surface area contributed by atoms with Gasteiger partial charge in [-0.3, -0.25) is 4.79 Å². The van der Waals surface area contributed by atoms with Crippen molar-refractivity contribution < 1.29 is 18.5 Å². The molecule has 2 heterocycles. The summed E-state index contributed by atoms with van der Waals surface area (Å²) in [4.78, 5) is 30.6. The van der Waals surface area contributed by atoms with Crippen LogP contribution in [0, 0.1) is 5.82 Å². The van der Waals surface area contributed by atoms with Crippen molar-refractivity contribution in [1.29, 1.82) is 0 Å². The number of hydrogen-bond acceptors (Lipinski definition) is 5. The first-order chi connectivity index (χ1) is 15.0. The highest BCUT2D eigenvalue weighted by Crippen LogP contribution is 2.30. The highest BCUT2D eigenvalue weighted by Gasteiger charge is 2.31. The van der Waals surface area contributed by atoms with Crippen LogP contribution < -0.4 is 11.1 Å². The summed E-state index contributed by atoms with van der Waals surface area (Å²) in [7, 11) is 0. The van der Waals surface area contributed by atoms with E-state index in [-0.39, 0.29) is 23.3 Å². The lowest BCUT2D eigenvalue weighted by molar-refractivity contribution is 0.0996. The van der Waals surface area contributed by atoms with Gasteiger partial charge in [0.25, 0.3) is 11.8 Å². The van der Waals surface area contributed by atoms with Crippen LogP contribution in [-0.4, -0.2) is 33.5 Å². The molecule has 31 heavy (non-hydrogen) atoms. The molecule has 3 amide bonds. The van der Waals surface area contributed by atoms with E-state index in [4.69, 9.17) is 10.3 Å². The molecule has 1 unspecified atom stereocenters. The van der Waals surface area contributed by atoms with Gasteiger partial charge in [-0.1, -0.05) is 36.2 Å². The number of hydrogen-bond donors (Lipinski definition) is 2. The Balaban J connectivity index is 1.57. The molecule has 4 rings (SSSR count). The van der Waals surface area contributed by atoms with Gasteiger partial charge in [0.2, 0.25) is 0 Å². The first-order valence-electron chi connectivity index (χ1n) is 10.1. The maximum absolute atomic E-state index is 13.7. The lowest BCUT2D eigenvalue weighted by Crippen LogP contribution is -2.38. The smallest absolute Gasteiger partial charge is 0.322 e. The van der Waals surface area contributed by atoms with Crippen molar-refractivity contribution >= 4 is 17.6 Å². The predicted octanol–water partition coefficient (Wildman–Crippen LogP) is 4.12. The molecular formula is C22H22FN5O3. The lowest BCUT2D eigenvalue weighted by Gasteiger charge is -2.28. The number of urea groups is 1. The molecule has 1 saturated heterocycles. The van der Waals surface area contributed by atoms with E-state index in [9.17, 15) is 14.0 Å². The molecule has 8 nitrogen and oxygen atoms in total. The minimum Gasteiger partial charge on any atom is -0.366 e. The molecule has 1 aliphatic rings. The summed E-state index contributed by atoms with van der Waals surface area (Å²) in [6, 6.07) is 12.4. The van der Waals surface area contributed by atoms with E-state index in [0.29, 0.717) is 24.7 Å². The van der Waals surface area contributed by atoms with Crippen molar-refractivity contribution in [3.05, 3.63) is 65.7 Å². The predicted molar refractivity (Wildman–Crippen MR) is 112 cm³/mol. The number of anilines is 1. The molecule has 160 valence electrons. The summed E-state index contributed by atoms with van der Waals surface area (Å²) >= 11 is 0. The summed E-state index contributed by atoms with van der Waals surface area (Å²) in [6.07, 6.45) is 3.43. The number of carbonyl (C=O) groups excluding carboxylic acids is 2. The van der Waals surface area contributed by atoms with Crippen molar-refractivity contribution in [2.24, 2.45) is 5.73 Å².